The standard InChI is InChI=1S/C19H17N5O2S/c1-2-17-22-23-19(27-17)21-18(25)14-7-3-4-8-15(14)26-12-13-11-24-10-6-5-9-16(24)20-13/h3-11H,2,12H2,1H3,(H,21,23,25). The Balaban J connectivity index is 1.49. The second-order valence-corrected chi connectivity index (χ2v) is 6.85. The lowest BCUT2D eigenvalue weighted by Crippen LogP contribution is -2.13. The summed E-state index contributed by atoms with van der Waals surface area (Å²) in [5, 5.41) is 12.1. The highest BCUT2D eigenvalue weighted by Crippen LogP contribution is 2.22. The molecule has 1 aromatic carbocycles. The van der Waals surface area contributed by atoms with Crippen molar-refractivity contribution in [3.05, 3.63) is 71.1 Å². The van der Waals surface area contributed by atoms with Crippen LogP contribution in [0.3, 0.4) is 0 Å². The second kappa shape index (κ2) is 7.55. The largest absolute Gasteiger partial charge is 0.486 e. The van der Waals surface area contributed by atoms with Gasteiger partial charge in [-0.1, -0.05) is 36.5 Å². The number of imidazole rings is 1. The molecule has 0 aliphatic heterocycles. The molecule has 0 radical (unpaired) electrons. The van der Waals surface area contributed by atoms with Gasteiger partial charge in [0.05, 0.1) is 11.3 Å². The number of amides is 1. The quantitative estimate of drug-likeness (QED) is 0.554. The first-order valence-corrected chi connectivity index (χ1v) is 9.33. The Morgan fingerprint density at radius 1 is 1.19 bits per heavy atom. The average molecular weight is 379 g/mol. The average Bonchev–Trinajstić information content (AvgIpc) is 3.32. The highest BCUT2D eigenvalue weighted by molar-refractivity contribution is 7.15. The molecule has 7 nitrogen and oxygen atoms in total. The third kappa shape index (κ3) is 3.80. The molecular formula is C19H17N5O2S. The van der Waals surface area contributed by atoms with Crippen LogP contribution in [0.25, 0.3) is 5.65 Å². The Kier molecular flexibility index (Phi) is 4.80. The summed E-state index contributed by atoms with van der Waals surface area (Å²) >= 11 is 1.37. The summed E-state index contributed by atoms with van der Waals surface area (Å²) < 4.78 is 7.80. The molecule has 0 unspecified atom stereocenters. The summed E-state index contributed by atoms with van der Waals surface area (Å²) in [5.74, 6) is 0.215. The number of carbonyl (C=O) groups is 1. The molecule has 4 aromatic rings. The van der Waals surface area contributed by atoms with Crippen molar-refractivity contribution in [3.63, 3.8) is 0 Å². The number of carbonyl (C=O) groups excluding carboxylic acids is 1. The highest BCUT2D eigenvalue weighted by Gasteiger charge is 2.15. The van der Waals surface area contributed by atoms with Crippen LogP contribution < -0.4 is 10.1 Å². The van der Waals surface area contributed by atoms with Gasteiger partial charge in [-0.05, 0) is 30.7 Å². The van der Waals surface area contributed by atoms with Crippen LogP contribution in [0.2, 0.25) is 0 Å². The highest BCUT2D eigenvalue weighted by atomic mass is 32.1. The zero-order chi connectivity index (χ0) is 18.6. The molecule has 0 saturated heterocycles. The molecule has 0 atom stereocenters. The van der Waals surface area contributed by atoms with E-state index in [1.165, 1.54) is 11.3 Å². The van der Waals surface area contributed by atoms with Crippen LogP contribution in [-0.2, 0) is 13.0 Å². The Hall–Kier alpha value is -3.26. The molecule has 4 rings (SSSR count). The van der Waals surface area contributed by atoms with Gasteiger partial charge in [-0.2, -0.15) is 0 Å². The number of pyridine rings is 1. The van der Waals surface area contributed by atoms with Gasteiger partial charge in [0.1, 0.15) is 23.0 Å². The summed E-state index contributed by atoms with van der Waals surface area (Å²) in [6, 6.07) is 12.9. The zero-order valence-electron chi connectivity index (χ0n) is 14.6. The number of ether oxygens (including phenoxy) is 1. The maximum Gasteiger partial charge on any atom is 0.261 e. The van der Waals surface area contributed by atoms with E-state index >= 15 is 0 Å². The maximum atomic E-state index is 12.6. The van der Waals surface area contributed by atoms with Crippen molar-refractivity contribution in [2.45, 2.75) is 20.0 Å². The van der Waals surface area contributed by atoms with E-state index in [0.29, 0.717) is 16.4 Å². The van der Waals surface area contributed by atoms with Gasteiger partial charge in [0, 0.05) is 12.4 Å². The van der Waals surface area contributed by atoms with E-state index < -0.39 is 0 Å². The monoisotopic (exact) mass is 379 g/mol. The van der Waals surface area contributed by atoms with Gasteiger partial charge >= 0.3 is 0 Å². The molecule has 3 heterocycles. The number of para-hydroxylation sites is 1. The van der Waals surface area contributed by atoms with Crippen molar-refractivity contribution in [1.82, 2.24) is 19.6 Å². The van der Waals surface area contributed by atoms with Crippen LogP contribution in [0, 0.1) is 0 Å². The fraction of sp³-hybridized carbons (Fsp3) is 0.158. The number of fused-ring (bicyclic) bond motifs is 1. The van der Waals surface area contributed by atoms with E-state index in [1.54, 1.807) is 18.2 Å². The van der Waals surface area contributed by atoms with E-state index in [0.717, 1.165) is 22.8 Å². The number of aromatic nitrogens is 4. The first kappa shape index (κ1) is 17.2. The van der Waals surface area contributed by atoms with Crippen molar-refractivity contribution >= 4 is 28.0 Å². The van der Waals surface area contributed by atoms with Crippen molar-refractivity contribution in [3.8, 4) is 5.75 Å². The minimum Gasteiger partial charge on any atom is -0.486 e. The predicted molar refractivity (Wildman–Crippen MR) is 103 cm³/mol. The van der Waals surface area contributed by atoms with E-state index in [1.807, 2.05) is 48.0 Å². The minimum atomic E-state index is -0.278. The number of hydrogen-bond acceptors (Lipinski definition) is 6. The predicted octanol–water partition coefficient (Wildman–Crippen LogP) is 3.58. The lowest BCUT2D eigenvalue weighted by molar-refractivity contribution is 0.102. The molecule has 3 aromatic heterocycles. The fourth-order valence-electron chi connectivity index (χ4n) is 2.60. The first-order chi connectivity index (χ1) is 13.2. The molecule has 1 N–H and O–H groups in total. The van der Waals surface area contributed by atoms with Crippen LogP contribution in [0.15, 0.2) is 54.9 Å². The van der Waals surface area contributed by atoms with Crippen LogP contribution >= 0.6 is 11.3 Å². The molecule has 0 saturated carbocycles. The number of rotatable bonds is 6. The van der Waals surface area contributed by atoms with Gasteiger partial charge in [0.2, 0.25) is 5.13 Å². The molecule has 27 heavy (non-hydrogen) atoms. The number of nitrogens with one attached hydrogen (secondary N) is 1. The number of hydrogen-bond donors (Lipinski definition) is 1. The molecule has 0 aliphatic carbocycles. The molecule has 136 valence electrons. The second-order valence-electron chi connectivity index (χ2n) is 5.79. The minimum absolute atomic E-state index is 0.269. The van der Waals surface area contributed by atoms with Crippen molar-refractivity contribution in [2.24, 2.45) is 0 Å². The molecule has 8 heteroatoms. The first-order valence-electron chi connectivity index (χ1n) is 8.51. The fourth-order valence-corrected chi connectivity index (χ4v) is 3.27. The third-order valence-electron chi connectivity index (χ3n) is 3.91. The zero-order valence-corrected chi connectivity index (χ0v) is 15.4. The molecule has 0 fully saturated rings. The van der Waals surface area contributed by atoms with Crippen molar-refractivity contribution in [2.75, 3.05) is 5.32 Å². The smallest absolute Gasteiger partial charge is 0.261 e. The summed E-state index contributed by atoms with van der Waals surface area (Å²) in [6.07, 6.45) is 4.62. The lowest BCUT2D eigenvalue weighted by atomic mass is 10.2. The van der Waals surface area contributed by atoms with Gasteiger partial charge in [-0.3, -0.25) is 10.1 Å². The van der Waals surface area contributed by atoms with Gasteiger partial charge in [-0.15, -0.1) is 10.2 Å². The van der Waals surface area contributed by atoms with E-state index in [-0.39, 0.29) is 12.5 Å². The van der Waals surface area contributed by atoms with Gasteiger partial charge < -0.3 is 9.14 Å². The summed E-state index contributed by atoms with van der Waals surface area (Å²) in [7, 11) is 0. The van der Waals surface area contributed by atoms with E-state index in [2.05, 4.69) is 20.5 Å². The SMILES string of the molecule is CCc1nnc(NC(=O)c2ccccc2OCc2cn3ccccc3n2)s1. The van der Waals surface area contributed by atoms with Crippen LogP contribution in [-0.4, -0.2) is 25.5 Å². The normalized spacial score (nSPS) is 10.9. The number of aryl methyl sites for hydroxylation is 1. The maximum absolute atomic E-state index is 12.6. The van der Waals surface area contributed by atoms with Crippen LogP contribution in [0.4, 0.5) is 5.13 Å². The van der Waals surface area contributed by atoms with Gasteiger partial charge in [0.25, 0.3) is 5.91 Å². The summed E-state index contributed by atoms with van der Waals surface area (Å²) in [4.78, 5) is 17.1. The Labute approximate surface area is 159 Å². The Morgan fingerprint density at radius 3 is 2.85 bits per heavy atom. The van der Waals surface area contributed by atoms with E-state index in [4.69, 9.17) is 4.74 Å². The van der Waals surface area contributed by atoms with Crippen molar-refractivity contribution < 1.29 is 9.53 Å². The van der Waals surface area contributed by atoms with Gasteiger partial charge in [-0.25, -0.2) is 4.98 Å². The van der Waals surface area contributed by atoms with Crippen LogP contribution in [0.1, 0.15) is 28.0 Å². The van der Waals surface area contributed by atoms with E-state index in [9.17, 15) is 4.79 Å². The number of anilines is 1. The topological polar surface area (TPSA) is 81.4 Å². The molecule has 0 bridgehead atoms. The number of benzene rings is 1. The molecule has 1 amide bonds. The number of nitrogens with zero attached hydrogens (tertiary/aromatic N) is 4. The van der Waals surface area contributed by atoms with Crippen molar-refractivity contribution in [1.29, 1.82) is 0 Å². The molecule has 0 spiro atoms. The Bertz CT molecular complexity index is 1060. The van der Waals surface area contributed by atoms with Gasteiger partial charge in [0.15, 0.2) is 0 Å². The summed E-state index contributed by atoms with van der Waals surface area (Å²) in [6.45, 7) is 2.26. The molecule has 0 aliphatic rings. The lowest BCUT2D eigenvalue weighted by Gasteiger charge is -2.09. The third-order valence-corrected chi connectivity index (χ3v) is 4.89. The van der Waals surface area contributed by atoms with Crippen LogP contribution in [0.5, 0.6) is 5.75 Å². The summed E-state index contributed by atoms with van der Waals surface area (Å²) in [5.41, 5.74) is 2.08. The Morgan fingerprint density at radius 2 is 2.04 bits per heavy atom. The molecular weight excluding hydrogens is 362 g/mol.